The molecule has 2 rings (SSSR count). The molecule has 2 aromatic carbocycles. The minimum absolute atomic E-state index is 0.0803. The van der Waals surface area contributed by atoms with Crippen molar-refractivity contribution in [3.63, 3.8) is 0 Å². The number of carbonyl (C=O) groups is 3. The molecule has 0 aliphatic carbocycles. The highest BCUT2D eigenvalue weighted by Gasteiger charge is 2.24. The molecule has 1 atom stereocenters. The maximum atomic E-state index is 12.6. The summed E-state index contributed by atoms with van der Waals surface area (Å²) in [5, 5.41) is 3.54. The summed E-state index contributed by atoms with van der Waals surface area (Å²) in [5.41, 5.74) is 4.09. The third-order valence-electron chi connectivity index (χ3n) is 3.87. The fourth-order valence-electron chi connectivity index (χ4n) is 2.36. The van der Waals surface area contributed by atoms with Crippen molar-refractivity contribution in [2.45, 2.75) is 19.1 Å². The van der Waals surface area contributed by atoms with Crippen molar-refractivity contribution in [3.8, 4) is 0 Å². The van der Waals surface area contributed by atoms with E-state index in [9.17, 15) is 14.4 Å². The number of amides is 3. The van der Waals surface area contributed by atoms with Gasteiger partial charge in [0.2, 0.25) is 0 Å². The van der Waals surface area contributed by atoms with E-state index in [2.05, 4.69) is 10.7 Å². The lowest BCUT2D eigenvalue weighted by molar-refractivity contribution is -0.138. The smallest absolute Gasteiger partial charge is 0.408 e. The number of alkyl carbamates (subject to hydrolysis) is 1. The van der Waals surface area contributed by atoms with Crippen molar-refractivity contribution in [2.75, 3.05) is 12.9 Å². The summed E-state index contributed by atoms with van der Waals surface area (Å²) in [7, 11) is 1.38. The van der Waals surface area contributed by atoms with Crippen LogP contribution in [0.15, 0.2) is 60.7 Å². The first-order chi connectivity index (χ1) is 13.5. The van der Waals surface area contributed by atoms with Crippen LogP contribution in [-0.2, 0) is 27.4 Å². The van der Waals surface area contributed by atoms with Crippen LogP contribution in [-0.4, -0.2) is 41.9 Å². The summed E-state index contributed by atoms with van der Waals surface area (Å²) in [5.74, 6) is -1.30. The molecule has 2 aromatic rings. The zero-order valence-electron chi connectivity index (χ0n) is 15.4. The van der Waals surface area contributed by atoms with Gasteiger partial charge in [-0.25, -0.2) is 4.79 Å². The van der Waals surface area contributed by atoms with Gasteiger partial charge in [-0.2, -0.15) is 0 Å². The maximum Gasteiger partial charge on any atom is 0.408 e. The molecule has 0 aromatic heterocycles. The third kappa shape index (κ3) is 6.92. The van der Waals surface area contributed by atoms with Crippen LogP contribution >= 0.6 is 11.6 Å². The average Bonchev–Trinajstić information content (AvgIpc) is 2.72. The van der Waals surface area contributed by atoms with E-state index in [0.29, 0.717) is 0 Å². The van der Waals surface area contributed by atoms with Gasteiger partial charge in [-0.3, -0.25) is 20.0 Å². The number of alkyl halides is 1. The minimum Gasteiger partial charge on any atom is -0.445 e. The number of nitrogens with zero attached hydrogens (tertiary/aromatic N) is 1. The number of carbonyl (C=O) groups excluding carboxylic acids is 3. The quantitative estimate of drug-likeness (QED) is 0.548. The number of benzene rings is 2. The molecule has 0 heterocycles. The van der Waals surface area contributed by atoms with E-state index in [-0.39, 0.29) is 18.9 Å². The fraction of sp³-hybridized carbons (Fsp3) is 0.250. The number of ether oxygens (including phenoxy) is 1. The lowest BCUT2D eigenvalue weighted by Crippen LogP contribution is -2.54. The first-order valence-electron chi connectivity index (χ1n) is 8.63. The molecule has 0 aliphatic rings. The van der Waals surface area contributed by atoms with Gasteiger partial charge in [-0.05, 0) is 11.1 Å². The van der Waals surface area contributed by atoms with Crippen LogP contribution in [0.2, 0.25) is 0 Å². The second kappa shape index (κ2) is 10.9. The predicted molar refractivity (Wildman–Crippen MR) is 105 cm³/mol. The normalized spacial score (nSPS) is 11.2. The number of nitrogens with one attached hydrogen (secondary N) is 2. The van der Waals surface area contributed by atoms with E-state index >= 15 is 0 Å². The molecule has 7 nitrogen and oxygen atoms in total. The molecule has 0 fully saturated rings. The Kier molecular flexibility index (Phi) is 8.30. The molecule has 0 saturated heterocycles. The summed E-state index contributed by atoms with van der Waals surface area (Å²) in [6, 6.07) is 17.5. The molecule has 0 spiro atoms. The number of rotatable bonds is 7. The second-order valence-corrected chi connectivity index (χ2v) is 6.28. The Hall–Kier alpha value is -3.06. The van der Waals surface area contributed by atoms with Gasteiger partial charge in [-0.1, -0.05) is 60.7 Å². The topological polar surface area (TPSA) is 87.7 Å². The summed E-state index contributed by atoms with van der Waals surface area (Å²) in [4.78, 5) is 36.3. The van der Waals surface area contributed by atoms with Crippen molar-refractivity contribution in [3.05, 3.63) is 71.8 Å². The Morgan fingerprint density at radius 3 is 2.14 bits per heavy atom. The van der Waals surface area contributed by atoms with Crippen LogP contribution in [0.3, 0.4) is 0 Å². The third-order valence-corrected chi connectivity index (χ3v) is 4.10. The van der Waals surface area contributed by atoms with Gasteiger partial charge in [0, 0.05) is 13.5 Å². The fourth-order valence-corrected chi connectivity index (χ4v) is 2.54. The Bertz CT molecular complexity index is 787. The van der Waals surface area contributed by atoms with Crippen LogP contribution < -0.4 is 10.7 Å². The van der Waals surface area contributed by atoms with E-state index in [0.717, 1.165) is 16.1 Å². The monoisotopic (exact) mass is 403 g/mol. The largest absolute Gasteiger partial charge is 0.445 e. The van der Waals surface area contributed by atoms with Crippen LogP contribution in [0.1, 0.15) is 11.1 Å². The predicted octanol–water partition coefficient (Wildman–Crippen LogP) is 2.25. The first kappa shape index (κ1) is 21.2. The lowest BCUT2D eigenvalue weighted by Gasteiger charge is -2.23. The van der Waals surface area contributed by atoms with Gasteiger partial charge in [0.1, 0.15) is 18.5 Å². The summed E-state index contributed by atoms with van der Waals surface area (Å²) in [6.45, 7) is 0.0803. The second-order valence-electron chi connectivity index (χ2n) is 6.01. The molecular weight excluding hydrogens is 382 g/mol. The van der Waals surface area contributed by atoms with Gasteiger partial charge in [-0.15, -0.1) is 11.6 Å². The maximum absolute atomic E-state index is 12.6. The molecule has 3 amide bonds. The van der Waals surface area contributed by atoms with Crippen LogP contribution in [0, 0.1) is 0 Å². The van der Waals surface area contributed by atoms with Crippen LogP contribution in [0.4, 0.5) is 4.79 Å². The molecule has 0 unspecified atom stereocenters. The molecule has 0 bridgehead atoms. The van der Waals surface area contributed by atoms with Crippen molar-refractivity contribution in [1.29, 1.82) is 0 Å². The number of hydrogen-bond acceptors (Lipinski definition) is 4. The SMILES string of the molecule is CN(NC(=O)[C@H](Cc1ccccc1)NC(=O)OCc1ccccc1)C(=O)CCl. The van der Waals surface area contributed by atoms with Crippen LogP contribution in [0.25, 0.3) is 0 Å². The van der Waals surface area contributed by atoms with E-state index < -0.39 is 23.9 Å². The highest BCUT2D eigenvalue weighted by Crippen LogP contribution is 2.05. The molecule has 0 aliphatic heterocycles. The molecule has 148 valence electrons. The number of hydrazine groups is 1. The van der Waals surface area contributed by atoms with Crippen molar-refractivity contribution in [2.24, 2.45) is 0 Å². The molecule has 28 heavy (non-hydrogen) atoms. The summed E-state index contributed by atoms with van der Waals surface area (Å²) >= 11 is 5.49. The zero-order valence-corrected chi connectivity index (χ0v) is 16.2. The van der Waals surface area contributed by atoms with E-state index in [1.165, 1.54) is 7.05 Å². The van der Waals surface area contributed by atoms with Crippen LogP contribution in [0.5, 0.6) is 0 Å². The lowest BCUT2D eigenvalue weighted by atomic mass is 10.1. The Balaban J connectivity index is 2.01. The molecule has 2 N–H and O–H groups in total. The van der Waals surface area contributed by atoms with E-state index in [1.807, 2.05) is 60.7 Å². The van der Waals surface area contributed by atoms with Gasteiger partial charge in [0.15, 0.2) is 0 Å². The molecule has 0 saturated carbocycles. The van der Waals surface area contributed by atoms with E-state index in [4.69, 9.17) is 16.3 Å². The Morgan fingerprint density at radius 2 is 1.57 bits per heavy atom. The van der Waals surface area contributed by atoms with Gasteiger partial charge in [0.05, 0.1) is 0 Å². The zero-order chi connectivity index (χ0) is 20.4. The average molecular weight is 404 g/mol. The standard InChI is InChI=1S/C20H22ClN3O4/c1-24(18(25)13-21)23-19(26)17(12-15-8-4-2-5-9-15)22-20(27)28-14-16-10-6-3-7-11-16/h2-11,17H,12-14H2,1H3,(H,22,27)(H,23,26)/t17-/m0/s1. The van der Waals surface area contributed by atoms with E-state index in [1.54, 1.807) is 0 Å². The number of hydrogen-bond donors (Lipinski definition) is 2. The Labute approximate surface area is 168 Å². The summed E-state index contributed by atoms with van der Waals surface area (Å²) < 4.78 is 5.19. The number of halogens is 1. The van der Waals surface area contributed by atoms with Crippen molar-refractivity contribution in [1.82, 2.24) is 15.8 Å². The van der Waals surface area contributed by atoms with Crippen molar-refractivity contribution >= 4 is 29.5 Å². The van der Waals surface area contributed by atoms with Crippen molar-refractivity contribution < 1.29 is 19.1 Å². The highest BCUT2D eigenvalue weighted by atomic mass is 35.5. The molecular formula is C20H22ClN3O4. The summed E-state index contributed by atoms with van der Waals surface area (Å²) in [6.07, 6.45) is -0.498. The molecule has 8 heteroatoms. The first-order valence-corrected chi connectivity index (χ1v) is 9.17. The molecule has 0 radical (unpaired) electrons. The van der Waals surface area contributed by atoms with Gasteiger partial charge >= 0.3 is 6.09 Å². The van der Waals surface area contributed by atoms with Gasteiger partial charge < -0.3 is 10.1 Å². The minimum atomic E-state index is -0.934. The van der Waals surface area contributed by atoms with Gasteiger partial charge in [0.25, 0.3) is 11.8 Å². The highest BCUT2D eigenvalue weighted by molar-refractivity contribution is 6.27. The Morgan fingerprint density at radius 1 is 1.00 bits per heavy atom.